The number of ether oxygens (including phenoxy) is 1. The third-order valence-corrected chi connectivity index (χ3v) is 3.01. The minimum atomic E-state index is -0.459. The fraction of sp³-hybridized carbons (Fsp3) is 0.133. The third kappa shape index (κ3) is 4.44. The number of rotatable bonds is 5. The van der Waals surface area contributed by atoms with E-state index < -0.39 is 5.82 Å². The molecule has 0 aliphatic carbocycles. The van der Waals surface area contributed by atoms with Gasteiger partial charge in [0.1, 0.15) is 11.6 Å². The Kier molecular flexibility index (Phi) is 5.14. The second kappa shape index (κ2) is 7.06. The van der Waals surface area contributed by atoms with Gasteiger partial charge >= 0.3 is 0 Å². The second-order valence-corrected chi connectivity index (χ2v) is 4.72. The molecular formula is C15H14ClFN2O2. The summed E-state index contributed by atoms with van der Waals surface area (Å²) in [6.07, 6.45) is 0. The Morgan fingerprint density at radius 2 is 2.05 bits per heavy atom. The van der Waals surface area contributed by atoms with Crippen LogP contribution in [0.25, 0.3) is 0 Å². The summed E-state index contributed by atoms with van der Waals surface area (Å²) in [5, 5.41) is 3.04. The van der Waals surface area contributed by atoms with Crippen molar-refractivity contribution >= 4 is 23.2 Å². The first kappa shape index (κ1) is 15.3. The zero-order valence-corrected chi connectivity index (χ0v) is 11.9. The molecule has 2 rings (SSSR count). The highest BCUT2D eigenvalue weighted by Crippen LogP contribution is 2.20. The molecule has 0 bridgehead atoms. The second-order valence-electron chi connectivity index (χ2n) is 4.32. The average molecular weight is 309 g/mol. The van der Waals surface area contributed by atoms with Gasteiger partial charge in [0, 0.05) is 12.6 Å². The normalized spacial score (nSPS) is 10.2. The zero-order valence-electron chi connectivity index (χ0n) is 11.1. The Balaban J connectivity index is 1.95. The van der Waals surface area contributed by atoms with Crippen molar-refractivity contribution in [2.45, 2.75) is 6.54 Å². The molecule has 21 heavy (non-hydrogen) atoms. The zero-order chi connectivity index (χ0) is 15.2. The lowest BCUT2D eigenvalue weighted by Crippen LogP contribution is -2.20. The van der Waals surface area contributed by atoms with Crippen LogP contribution >= 0.6 is 11.6 Å². The maximum atomic E-state index is 13.3. The van der Waals surface area contributed by atoms with Gasteiger partial charge in [0.05, 0.1) is 10.7 Å². The predicted octanol–water partition coefficient (Wildman–Crippen LogP) is 2.96. The molecule has 0 heterocycles. The van der Waals surface area contributed by atoms with Crippen LogP contribution in [0.2, 0.25) is 5.02 Å². The van der Waals surface area contributed by atoms with Crippen LogP contribution in [0.5, 0.6) is 5.75 Å². The number of carbonyl (C=O) groups is 1. The number of benzene rings is 2. The number of hydrogen-bond acceptors (Lipinski definition) is 3. The first-order valence-corrected chi connectivity index (χ1v) is 6.63. The van der Waals surface area contributed by atoms with E-state index in [1.807, 2.05) is 0 Å². The van der Waals surface area contributed by atoms with Gasteiger partial charge in [0.2, 0.25) is 0 Å². The molecule has 0 spiro atoms. The van der Waals surface area contributed by atoms with E-state index in [1.54, 1.807) is 30.3 Å². The van der Waals surface area contributed by atoms with Gasteiger partial charge in [-0.05, 0) is 29.8 Å². The van der Waals surface area contributed by atoms with E-state index in [1.165, 1.54) is 12.1 Å². The van der Waals surface area contributed by atoms with Crippen molar-refractivity contribution in [2.75, 3.05) is 11.9 Å². The lowest BCUT2D eigenvalue weighted by molar-refractivity contribution is -0.118. The average Bonchev–Trinajstić information content (AvgIpc) is 2.47. The molecule has 0 fully saturated rings. The summed E-state index contributed by atoms with van der Waals surface area (Å²) in [4.78, 5) is 11.8. The minimum absolute atomic E-state index is 0.194. The quantitative estimate of drug-likeness (QED) is 0.892. The molecule has 3 N–H and O–H groups in total. The largest absolute Gasteiger partial charge is 0.484 e. The summed E-state index contributed by atoms with van der Waals surface area (Å²) >= 11 is 5.93. The molecule has 0 saturated carbocycles. The third-order valence-electron chi connectivity index (χ3n) is 2.68. The predicted molar refractivity (Wildman–Crippen MR) is 79.9 cm³/mol. The summed E-state index contributed by atoms with van der Waals surface area (Å²) in [7, 11) is 0. The van der Waals surface area contributed by atoms with Crippen LogP contribution in [0.3, 0.4) is 0 Å². The molecule has 2 aromatic rings. The highest BCUT2D eigenvalue weighted by molar-refractivity contribution is 6.33. The van der Waals surface area contributed by atoms with Gasteiger partial charge in [-0.2, -0.15) is 0 Å². The molecule has 110 valence electrons. The molecule has 0 aliphatic rings. The summed E-state index contributed by atoms with van der Waals surface area (Å²) < 4.78 is 18.5. The van der Waals surface area contributed by atoms with Gasteiger partial charge in [0.25, 0.3) is 5.91 Å². The van der Waals surface area contributed by atoms with E-state index in [0.717, 1.165) is 0 Å². The Hall–Kier alpha value is -2.11. The first-order valence-electron chi connectivity index (χ1n) is 6.25. The summed E-state index contributed by atoms with van der Waals surface area (Å²) in [5.74, 6) is -0.592. The Morgan fingerprint density at radius 3 is 2.76 bits per heavy atom. The highest BCUT2D eigenvalue weighted by atomic mass is 35.5. The molecule has 0 unspecified atom stereocenters. The fourth-order valence-corrected chi connectivity index (χ4v) is 1.90. The topological polar surface area (TPSA) is 64.3 Å². The molecule has 2 aromatic carbocycles. The SMILES string of the molecule is NCc1cc(F)cc(OCC(=O)Nc2ccccc2Cl)c1. The Labute approximate surface area is 126 Å². The molecule has 0 atom stereocenters. The van der Waals surface area contributed by atoms with Crippen molar-refractivity contribution in [2.24, 2.45) is 5.73 Å². The lowest BCUT2D eigenvalue weighted by Gasteiger charge is -2.09. The van der Waals surface area contributed by atoms with Crippen molar-refractivity contribution in [3.05, 3.63) is 58.9 Å². The van der Waals surface area contributed by atoms with E-state index in [0.29, 0.717) is 16.3 Å². The van der Waals surface area contributed by atoms with Crippen LogP contribution in [0, 0.1) is 5.82 Å². The molecule has 0 aliphatic heterocycles. The van der Waals surface area contributed by atoms with Gasteiger partial charge in [-0.15, -0.1) is 0 Å². The van der Waals surface area contributed by atoms with Crippen LogP contribution in [-0.2, 0) is 11.3 Å². The molecule has 6 heteroatoms. The van der Waals surface area contributed by atoms with E-state index in [-0.39, 0.29) is 24.8 Å². The monoisotopic (exact) mass is 308 g/mol. The van der Waals surface area contributed by atoms with Crippen molar-refractivity contribution in [3.8, 4) is 5.75 Å². The number of hydrogen-bond donors (Lipinski definition) is 2. The van der Waals surface area contributed by atoms with E-state index in [2.05, 4.69) is 5.32 Å². The molecule has 0 saturated heterocycles. The summed E-state index contributed by atoms with van der Waals surface area (Å²) in [6.45, 7) is -0.0569. The summed E-state index contributed by atoms with van der Waals surface area (Å²) in [5.41, 5.74) is 6.54. The van der Waals surface area contributed by atoms with E-state index in [9.17, 15) is 9.18 Å². The van der Waals surface area contributed by atoms with E-state index in [4.69, 9.17) is 22.1 Å². The smallest absolute Gasteiger partial charge is 0.262 e. The Bertz CT molecular complexity index is 649. The van der Waals surface area contributed by atoms with Crippen LogP contribution in [0.4, 0.5) is 10.1 Å². The maximum absolute atomic E-state index is 13.3. The van der Waals surface area contributed by atoms with Crippen molar-refractivity contribution < 1.29 is 13.9 Å². The number of nitrogens with one attached hydrogen (secondary N) is 1. The number of halogens is 2. The van der Waals surface area contributed by atoms with Crippen molar-refractivity contribution in [1.29, 1.82) is 0 Å². The van der Waals surface area contributed by atoms with Gasteiger partial charge < -0.3 is 15.8 Å². The number of carbonyl (C=O) groups excluding carboxylic acids is 1. The fourth-order valence-electron chi connectivity index (χ4n) is 1.72. The minimum Gasteiger partial charge on any atom is -0.484 e. The van der Waals surface area contributed by atoms with Crippen molar-refractivity contribution in [3.63, 3.8) is 0 Å². The van der Waals surface area contributed by atoms with Crippen LogP contribution in [-0.4, -0.2) is 12.5 Å². The molecule has 1 amide bonds. The first-order chi connectivity index (χ1) is 10.1. The van der Waals surface area contributed by atoms with Gasteiger partial charge in [-0.25, -0.2) is 4.39 Å². The van der Waals surface area contributed by atoms with Crippen LogP contribution in [0.15, 0.2) is 42.5 Å². The lowest BCUT2D eigenvalue weighted by atomic mass is 10.2. The number of anilines is 1. The maximum Gasteiger partial charge on any atom is 0.262 e. The highest BCUT2D eigenvalue weighted by Gasteiger charge is 2.07. The van der Waals surface area contributed by atoms with Crippen LogP contribution in [0.1, 0.15) is 5.56 Å². The van der Waals surface area contributed by atoms with Crippen LogP contribution < -0.4 is 15.8 Å². The molecular weight excluding hydrogens is 295 g/mol. The molecule has 0 aromatic heterocycles. The Morgan fingerprint density at radius 1 is 1.29 bits per heavy atom. The van der Waals surface area contributed by atoms with Crippen molar-refractivity contribution in [1.82, 2.24) is 0 Å². The molecule has 4 nitrogen and oxygen atoms in total. The van der Waals surface area contributed by atoms with Gasteiger partial charge in [-0.3, -0.25) is 4.79 Å². The standard InChI is InChI=1S/C15H14ClFN2O2/c16-13-3-1-2-4-14(13)19-15(20)9-21-12-6-10(8-18)5-11(17)7-12/h1-7H,8-9,18H2,(H,19,20). The number of para-hydroxylation sites is 1. The van der Waals surface area contributed by atoms with Gasteiger partial charge in [0.15, 0.2) is 6.61 Å². The number of nitrogens with two attached hydrogens (primary N) is 1. The number of amides is 1. The van der Waals surface area contributed by atoms with E-state index >= 15 is 0 Å². The summed E-state index contributed by atoms with van der Waals surface area (Å²) in [6, 6.07) is 11.0. The molecule has 0 radical (unpaired) electrons. The van der Waals surface area contributed by atoms with Gasteiger partial charge in [-0.1, -0.05) is 23.7 Å².